The van der Waals surface area contributed by atoms with E-state index in [2.05, 4.69) is 38.3 Å². The van der Waals surface area contributed by atoms with Gasteiger partial charge in [-0.2, -0.15) is 0 Å². The van der Waals surface area contributed by atoms with Crippen LogP contribution in [0.4, 0.5) is 4.79 Å². The molecule has 2 N–H and O–H groups in total. The van der Waals surface area contributed by atoms with Gasteiger partial charge in [0.2, 0.25) is 0 Å². The maximum Gasteiger partial charge on any atom is 0.315 e. The third-order valence-electron chi connectivity index (χ3n) is 2.76. The van der Waals surface area contributed by atoms with Gasteiger partial charge in [-0.15, -0.1) is 0 Å². The zero-order valence-electron chi connectivity index (χ0n) is 11.2. The first-order valence-electron chi connectivity index (χ1n) is 5.60. The SMILES string of the molecule is CC(C)C(C)(C)CNC(=O)NC(C)(C)C. The molecule has 0 aliphatic heterocycles. The normalized spacial score (nSPS) is 12.8. The number of hydrogen-bond donors (Lipinski definition) is 2. The van der Waals surface area contributed by atoms with Crippen LogP contribution in [0.25, 0.3) is 0 Å². The summed E-state index contributed by atoms with van der Waals surface area (Å²) in [5.74, 6) is 0.549. The summed E-state index contributed by atoms with van der Waals surface area (Å²) in [5.41, 5.74) is -0.0404. The Balaban J connectivity index is 4.02. The summed E-state index contributed by atoms with van der Waals surface area (Å²) in [7, 11) is 0. The third kappa shape index (κ3) is 6.37. The molecule has 0 bridgehead atoms. The van der Waals surface area contributed by atoms with E-state index in [4.69, 9.17) is 0 Å². The zero-order chi connectivity index (χ0) is 12.3. The molecular weight excluding hydrogens is 188 g/mol. The van der Waals surface area contributed by atoms with Gasteiger partial charge in [0.05, 0.1) is 0 Å². The molecule has 0 aromatic carbocycles. The average molecular weight is 214 g/mol. The van der Waals surface area contributed by atoms with Gasteiger partial charge in [-0.3, -0.25) is 0 Å². The van der Waals surface area contributed by atoms with Crippen molar-refractivity contribution in [1.82, 2.24) is 10.6 Å². The van der Waals surface area contributed by atoms with Gasteiger partial charge in [-0.05, 0) is 32.1 Å². The molecule has 0 unspecified atom stereocenters. The van der Waals surface area contributed by atoms with Crippen LogP contribution in [0.15, 0.2) is 0 Å². The van der Waals surface area contributed by atoms with Crippen LogP contribution in [-0.2, 0) is 0 Å². The smallest absolute Gasteiger partial charge is 0.315 e. The van der Waals surface area contributed by atoms with E-state index in [0.717, 1.165) is 0 Å². The average Bonchev–Trinajstić information content (AvgIpc) is 1.97. The van der Waals surface area contributed by atoms with E-state index < -0.39 is 0 Å². The van der Waals surface area contributed by atoms with E-state index in [1.807, 2.05) is 20.8 Å². The van der Waals surface area contributed by atoms with Gasteiger partial charge in [-0.1, -0.05) is 27.7 Å². The minimum atomic E-state index is -0.175. The Morgan fingerprint density at radius 2 is 1.60 bits per heavy atom. The Bertz CT molecular complexity index is 214. The highest BCUT2D eigenvalue weighted by Crippen LogP contribution is 2.24. The van der Waals surface area contributed by atoms with Gasteiger partial charge in [0.1, 0.15) is 0 Å². The second kappa shape index (κ2) is 4.86. The summed E-state index contributed by atoms with van der Waals surface area (Å²) in [4.78, 5) is 11.5. The lowest BCUT2D eigenvalue weighted by Crippen LogP contribution is -2.49. The number of carbonyl (C=O) groups excluding carboxylic acids is 1. The Kier molecular flexibility index (Phi) is 4.63. The van der Waals surface area contributed by atoms with E-state index in [1.54, 1.807) is 0 Å². The summed E-state index contributed by atoms with van der Waals surface area (Å²) in [6.07, 6.45) is 0. The topological polar surface area (TPSA) is 41.1 Å². The lowest BCUT2D eigenvalue weighted by atomic mass is 9.81. The highest BCUT2D eigenvalue weighted by molar-refractivity contribution is 5.74. The molecule has 0 radical (unpaired) electrons. The van der Waals surface area contributed by atoms with Crippen LogP contribution in [0.2, 0.25) is 0 Å². The van der Waals surface area contributed by atoms with Gasteiger partial charge in [0, 0.05) is 12.1 Å². The summed E-state index contributed by atoms with van der Waals surface area (Å²) < 4.78 is 0. The van der Waals surface area contributed by atoms with E-state index in [9.17, 15) is 4.79 Å². The minimum Gasteiger partial charge on any atom is -0.338 e. The molecule has 0 rings (SSSR count). The first-order valence-corrected chi connectivity index (χ1v) is 5.60. The molecule has 0 aromatic heterocycles. The van der Waals surface area contributed by atoms with Crippen molar-refractivity contribution in [1.29, 1.82) is 0 Å². The molecule has 90 valence electrons. The molecule has 0 aliphatic carbocycles. The molecule has 0 saturated carbocycles. The highest BCUT2D eigenvalue weighted by atomic mass is 16.2. The van der Waals surface area contributed by atoms with Crippen LogP contribution >= 0.6 is 0 Å². The molecular formula is C12H26N2O. The summed E-state index contributed by atoms with van der Waals surface area (Å²) in [6.45, 7) is 15.3. The highest BCUT2D eigenvalue weighted by Gasteiger charge is 2.23. The van der Waals surface area contributed by atoms with Crippen molar-refractivity contribution in [3.05, 3.63) is 0 Å². The first-order chi connectivity index (χ1) is 6.54. The molecule has 15 heavy (non-hydrogen) atoms. The molecule has 0 aromatic rings. The molecule has 0 fully saturated rings. The predicted octanol–water partition coefficient (Wildman–Crippen LogP) is 2.77. The Morgan fingerprint density at radius 3 is 1.93 bits per heavy atom. The number of nitrogens with one attached hydrogen (secondary N) is 2. The van der Waals surface area contributed by atoms with Crippen LogP contribution in [0, 0.1) is 11.3 Å². The number of rotatable bonds is 3. The summed E-state index contributed by atoms with van der Waals surface area (Å²) in [6, 6.07) is -0.0868. The van der Waals surface area contributed by atoms with Crippen molar-refractivity contribution in [2.45, 2.75) is 54.0 Å². The first kappa shape index (κ1) is 14.3. The summed E-state index contributed by atoms with van der Waals surface area (Å²) in [5, 5.41) is 5.79. The van der Waals surface area contributed by atoms with Crippen molar-refractivity contribution in [2.75, 3.05) is 6.54 Å². The Labute approximate surface area is 94.0 Å². The lowest BCUT2D eigenvalue weighted by molar-refractivity contribution is 0.210. The van der Waals surface area contributed by atoms with E-state index in [-0.39, 0.29) is 17.0 Å². The van der Waals surface area contributed by atoms with Gasteiger partial charge < -0.3 is 10.6 Å². The third-order valence-corrected chi connectivity index (χ3v) is 2.76. The molecule has 0 aliphatic rings. The molecule has 0 atom stereocenters. The maximum absolute atomic E-state index is 11.5. The number of amides is 2. The fourth-order valence-corrected chi connectivity index (χ4v) is 0.897. The Morgan fingerprint density at radius 1 is 1.13 bits per heavy atom. The van der Waals surface area contributed by atoms with Crippen molar-refractivity contribution in [2.24, 2.45) is 11.3 Å². The quantitative estimate of drug-likeness (QED) is 0.745. The second-order valence-electron chi connectivity index (χ2n) is 6.20. The van der Waals surface area contributed by atoms with E-state index in [0.29, 0.717) is 12.5 Å². The van der Waals surface area contributed by atoms with Crippen molar-refractivity contribution in [3.63, 3.8) is 0 Å². The van der Waals surface area contributed by atoms with Gasteiger partial charge in [0.15, 0.2) is 0 Å². The van der Waals surface area contributed by atoms with Crippen LogP contribution in [0.5, 0.6) is 0 Å². The molecule has 3 heteroatoms. The molecule has 2 amide bonds. The van der Waals surface area contributed by atoms with Gasteiger partial charge in [-0.25, -0.2) is 4.79 Å². The van der Waals surface area contributed by atoms with Gasteiger partial charge >= 0.3 is 6.03 Å². The fourth-order valence-electron chi connectivity index (χ4n) is 0.897. The number of urea groups is 1. The van der Waals surface area contributed by atoms with Crippen LogP contribution in [0.1, 0.15) is 48.5 Å². The van der Waals surface area contributed by atoms with Crippen LogP contribution in [0.3, 0.4) is 0 Å². The maximum atomic E-state index is 11.5. The molecule has 0 heterocycles. The molecule has 3 nitrogen and oxygen atoms in total. The van der Waals surface area contributed by atoms with Crippen molar-refractivity contribution in [3.8, 4) is 0 Å². The predicted molar refractivity (Wildman–Crippen MR) is 64.9 cm³/mol. The van der Waals surface area contributed by atoms with Gasteiger partial charge in [0.25, 0.3) is 0 Å². The summed E-state index contributed by atoms with van der Waals surface area (Å²) >= 11 is 0. The fraction of sp³-hybridized carbons (Fsp3) is 0.917. The largest absolute Gasteiger partial charge is 0.338 e. The second-order valence-corrected chi connectivity index (χ2v) is 6.20. The number of hydrogen-bond acceptors (Lipinski definition) is 1. The van der Waals surface area contributed by atoms with Crippen molar-refractivity contribution < 1.29 is 4.79 Å². The van der Waals surface area contributed by atoms with Crippen LogP contribution in [-0.4, -0.2) is 18.1 Å². The van der Waals surface area contributed by atoms with Crippen molar-refractivity contribution >= 4 is 6.03 Å². The Hall–Kier alpha value is -0.730. The monoisotopic (exact) mass is 214 g/mol. The minimum absolute atomic E-state index is 0.0868. The zero-order valence-corrected chi connectivity index (χ0v) is 11.2. The van der Waals surface area contributed by atoms with Crippen LogP contribution < -0.4 is 10.6 Å². The molecule has 0 spiro atoms. The number of carbonyl (C=O) groups is 1. The lowest BCUT2D eigenvalue weighted by Gasteiger charge is -2.30. The van der Waals surface area contributed by atoms with E-state index >= 15 is 0 Å². The standard InChI is InChI=1S/C12H26N2O/c1-9(2)12(6,7)8-13-10(15)14-11(3,4)5/h9H,8H2,1-7H3,(H2,13,14,15). The molecule has 0 saturated heterocycles. The van der Waals surface area contributed by atoms with E-state index in [1.165, 1.54) is 0 Å².